The number of piperidine rings is 1. The highest BCUT2D eigenvalue weighted by Crippen LogP contribution is 2.67. The molecule has 3 heteroatoms. The molecular formula is C35H49NO2. The van der Waals surface area contributed by atoms with Crippen molar-refractivity contribution >= 4 is 5.91 Å². The van der Waals surface area contributed by atoms with Gasteiger partial charge in [-0.15, -0.1) is 0 Å². The van der Waals surface area contributed by atoms with Gasteiger partial charge in [0.2, 0.25) is 5.91 Å². The Bertz CT molecular complexity index is 1110. The lowest BCUT2D eigenvalue weighted by atomic mass is 9.47. The largest absolute Gasteiger partial charge is 0.393 e. The van der Waals surface area contributed by atoms with E-state index in [0.29, 0.717) is 28.6 Å². The number of carbonyl (C=O) groups is 1. The number of benzene rings is 1. The number of hydrogen-bond acceptors (Lipinski definition) is 2. The van der Waals surface area contributed by atoms with Crippen LogP contribution in [0.5, 0.6) is 0 Å². The molecule has 1 heterocycles. The van der Waals surface area contributed by atoms with Crippen molar-refractivity contribution in [3.8, 4) is 0 Å². The lowest BCUT2D eigenvalue weighted by molar-refractivity contribution is -0.131. The van der Waals surface area contributed by atoms with E-state index in [0.717, 1.165) is 62.4 Å². The van der Waals surface area contributed by atoms with E-state index in [1.54, 1.807) is 5.57 Å². The molecule has 4 saturated carbocycles. The molecule has 1 aromatic rings. The van der Waals surface area contributed by atoms with Crippen molar-refractivity contribution in [2.24, 2.45) is 46.3 Å². The summed E-state index contributed by atoms with van der Waals surface area (Å²) in [6.45, 7) is 9.54. The minimum absolute atomic E-state index is 0.116. The van der Waals surface area contributed by atoms with Crippen molar-refractivity contribution in [2.45, 2.75) is 103 Å². The molecule has 0 aromatic heterocycles. The van der Waals surface area contributed by atoms with Gasteiger partial charge >= 0.3 is 0 Å². The maximum Gasteiger partial charge on any atom is 0.222 e. The average Bonchev–Trinajstić information content (AvgIpc) is 3.29. The van der Waals surface area contributed by atoms with E-state index in [2.05, 4.69) is 62.1 Å². The van der Waals surface area contributed by atoms with Gasteiger partial charge < -0.3 is 10.0 Å². The predicted molar refractivity (Wildman–Crippen MR) is 152 cm³/mol. The van der Waals surface area contributed by atoms with Crippen LogP contribution in [0.15, 0.2) is 42.0 Å². The molecule has 38 heavy (non-hydrogen) atoms. The molecule has 1 aromatic carbocycles. The van der Waals surface area contributed by atoms with Crippen LogP contribution in [-0.4, -0.2) is 35.1 Å². The van der Waals surface area contributed by atoms with Crippen LogP contribution in [0.1, 0.15) is 97.0 Å². The molecule has 3 unspecified atom stereocenters. The molecule has 3 nitrogen and oxygen atoms in total. The second kappa shape index (κ2) is 8.95. The van der Waals surface area contributed by atoms with Crippen molar-refractivity contribution in [2.75, 3.05) is 13.1 Å². The van der Waals surface area contributed by atoms with E-state index in [1.165, 1.54) is 50.5 Å². The Hall–Kier alpha value is -1.61. The van der Waals surface area contributed by atoms with Crippen LogP contribution >= 0.6 is 0 Å². The number of aliphatic hydroxyl groups is 1. The van der Waals surface area contributed by atoms with Gasteiger partial charge in [-0.1, -0.05) is 62.8 Å². The molecule has 1 N–H and O–H groups in total. The van der Waals surface area contributed by atoms with Crippen LogP contribution in [0.2, 0.25) is 0 Å². The Labute approximate surface area is 230 Å². The lowest BCUT2D eigenvalue weighted by Gasteiger charge is -2.58. The summed E-state index contributed by atoms with van der Waals surface area (Å²) in [6.07, 6.45) is 15.3. The molecular weight excluding hydrogens is 466 g/mol. The molecule has 5 aliphatic carbocycles. The number of hydrogen-bond donors (Lipinski definition) is 1. The van der Waals surface area contributed by atoms with Gasteiger partial charge in [0.25, 0.3) is 0 Å². The SMILES string of the molecule is CC(CCC(=O)N1CC2CC2(c2ccccc2)C1)[C@H]1CC[C@H]2[C@@H]3CC=C4C[C@@H](O)CC[C@]4(C)[C@H]3CC[C@]12C. The number of rotatable bonds is 5. The third-order valence-electron chi connectivity index (χ3n) is 13.5. The van der Waals surface area contributed by atoms with Gasteiger partial charge in [0.15, 0.2) is 0 Å². The minimum atomic E-state index is -0.116. The molecule has 206 valence electrons. The van der Waals surface area contributed by atoms with Gasteiger partial charge in [-0.3, -0.25) is 4.79 Å². The summed E-state index contributed by atoms with van der Waals surface area (Å²) >= 11 is 0. The molecule has 5 fully saturated rings. The zero-order valence-electron chi connectivity index (χ0n) is 24.0. The Kier molecular flexibility index (Phi) is 5.97. The number of allylic oxidation sites excluding steroid dienone is 1. The Morgan fingerprint density at radius 1 is 1.08 bits per heavy atom. The molecule has 1 amide bonds. The molecule has 7 rings (SSSR count). The van der Waals surface area contributed by atoms with Crippen molar-refractivity contribution in [3.63, 3.8) is 0 Å². The van der Waals surface area contributed by atoms with Crippen LogP contribution in [-0.2, 0) is 10.2 Å². The fraction of sp³-hybridized carbons (Fsp3) is 0.743. The van der Waals surface area contributed by atoms with Crippen molar-refractivity contribution < 1.29 is 9.90 Å². The topological polar surface area (TPSA) is 40.5 Å². The molecule has 0 radical (unpaired) electrons. The number of fused-ring (bicyclic) bond motifs is 6. The predicted octanol–water partition coefficient (Wildman–Crippen LogP) is 7.14. The van der Waals surface area contributed by atoms with Gasteiger partial charge in [0, 0.05) is 24.9 Å². The van der Waals surface area contributed by atoms with E-state index in [-0.39, 0.29) is 11.5 Å². The highest BCUT2D eigenvalue weighted by atomic mass is 16.3. The fourth-order valence-corrected chi connectivity index (χ4v) is 11.2. The number of aliphatic hydroxyl groups excluding tert-OH is 1. The third-order valence-corrected chi connectivity index (χ3v) is 13.5. The van der Waals surface area contributed by atoms with E-state index in [4.69, 9.17) is 0 Å². The van der Waals surface area contributed by atoms with Crippen molar-refractivity contribution in [3.05, 3.63) is 47.5 Å². The maximum atomic E-state index is 13.3. The molecule has 1 aliphatic heterocycles. The Morgan fingerprint density at radius 2 is 1.89 bits per heavy atom. The summed E-state index contributed by atoms with van der Waals surface area (Å²) in [5.41, 5.74) is 4.04. The summed E-state index contributed by atoms with van der Waals surface area (Å²) in [4.78, 5) is 15.5. The van der Waals surface area contributed by atoms with Crippen LogP contribution in [0, 0.1) is 46.3 Å². The van der Waals surface area contributed by atoms with Crippen LogP contribution in [0.3, 0.4) is 0 Å². The Balaban J connectivity index is 0.984. The zero-order chi connectivity index (χ0) is 26.3. The molecule has 0 bridgehead atoms. The molecule has 1 saturated heterocycles. The lowest BCUT2D eigenvalue weighted by Crippen LogP contribution is -2.50. The number of nitrogens with zero attached hydrogens (tertiary/aromatic N) is 1. The average molecular weight is 516 g/mol. The first-order valence-electron chi connectivity index (χ1n) is 16.0. The van der Waals surface area contributed by atoms with E-state index in [9.17, 15) is 9.90 Å². The van der Waals surface area contributed by atoms with Crippen LogP contribution < -0.4 is 0 Å². The molecule has 10 atom stereocenters. The highest BCUT2D eigenvalue weighted by molar-refractivity contribution is 5.77. The monoisotopic (exact) mass is 515 g/mol. The first-order chi connectivity index (χ1) is 18.2. The first-order valence-corrected chi connectivity index (χ1v) is 16.0. The number of likely N-dealkylation sites (tertiary alicyclic amines) is 1. The zero-order valence-corrected chi connectivity index (χ0v) is 24.0. The summed E-state index contributed by atoms with van der Waals surface area (Å²) in [5.74, 6) is 4.93. The summed E-state index contributed by atoms with van der Waals surface area (Å²) in [5, 5.41) is 10.3. The normalized spacial score (nSPS) is 45.9. The maximum absolute atomic E-state index is 13.3. The minimum Gasteiger partial charge on any atom is -0.393 e. The number of carbonyl (C=O) groups excluding carboxylic acids is 1. The summed E-state index contributed by atoms with van der Waals surface area (Å²) in [6, 6.07) is 10.9. The summed E-state index contributed by atoms with van der Waals surface area (Å²) in [7, 11) is 0. The van der Waals surface area contributed by atoms with E-state index in [1.807, 2.05) is 0 Å². The smallest absolute Gasteiger partial charge is 0.222 e. The quantitative estimate of drug-likeness (QED) is 0.423. The second-order valence-electron chi connectivity index (χ2n) is 15.1. The van der Waals surface area contributed by atoms with Gasteiger partial charge in [-0.2, -0.15) is 0 Å². The van der Waals surface area contributed by atoms with Crippen molar-refractivity contribution in [1.29, 1.82) is 0 Å². The standard InChI is InChI=1S/C35H49NO2/c1-23(9-14-32(38)36-21-26-20-35(26,22-36)24-7-5-4-6-8-24)29-12-13-30-28-11-10-25-19-27(37)15-17-33(25,2)31(28)16-18-34(29,30)3/h4-8,10,23,26-31,37H,9,11-22H2,1-3H3/t23?,26?,27-,28-,29+,30-,31-,33-,34+,35?/m0/s1. The molecule has 0 spiro atoms. The first kappa shape index (κ1) is 25.4. The van der Waals surface area contributed by atoms with Gasteiger partial charge in [-0.05, 0) is 116 Å². The summed E-state index contributed by atoms with van der Waals surface area (Å²) < 4.78 is 0. The fourth-order valence-electron chi connectivity index (χ4n) is 11.2. The molecule has 6 aliphatic rings. The van der Waals surface area contributed by atoms with Crippen LogP contribution in [0.25, 0.3) is 0 Å². The van der Waals surface area contributed by atoms with Gasteiger partial charge in [-0.25, -0.2) is 0 Å². The second-order valence-corrected chi connectivity index (χ2v) is 15.1. The van der Waals surface area contributed by atoms with E-state index < -0.39 is 0 Å². The highest BCUT2D eigenvalue weighted by Gasteiger charge is 2.62. The van der Waals surface area contributed by atoms with E-state index >= 15 is 0 Å². The van der Waals surface area contributed by atoms with Gasteiger partial charge in [0.1, 0.15) is 0 Å². The third kappa shape index (κ3) is 3.73. The van der Waals surface area contributed by atoms with Crippen LogP contribution in [0.4, 0.5) is 0 Å². The van der Waals surface area contributed by atoms with Gasteiger partial charge in [0.05, 0.1) is 6.10 Å². The number of amides is 1. The van der Waals surface area contributed by atoms with Crippen molar-refractivity contribution in [1.82, 2.24) is 4.90 Å². The Morgan fingerprint density at radius 3 is 2.71 bits per heavy atom.